The Balaban J connectivity index is 1.54. The van der Waals surface area contributed by atoms with Crippen molar-refractivity contribution in [3.05, 3.63) is 42.5 Å². The van der Waals surface area contributed by atoms with E-state index in [1.165, 1.54) is 0 Å². The number of methoxy groups -OCH3 is 2. The number of rotatable bonds is 6. The number of carbonyl (C=O) groups is 1. The summed E-state index contributed by atoms with van der Waals surface area (Å²) in [6, 6.07) is 7.39. The molecule has 0 aliphatic heterocycles. The van der Waals surface area contributed by atoms with Crippen LogP contribution in [0.2, 0.25) is 0 Å². The second-order valence-corrected chi connectivity index (χ2v) is 6.13. The highest BCUT2D eigenvalue weighted by Crippen LogP contribution is 2.38. The smallest absolute Gasteiger partial charge is 0.289 e. The lowest BCUT2D eigenvalue weighted by Gasteiger charge is -2.29. The molecule has 0 radical (unpaired) electrons. The van der Waals surface area contributed by atoms with Crippen molar-refractivity contribution in [1.82, 2.24) is 15.3 Å². The summed E-state index contributed by atoms with van der Waals surface area (Å²) in [5.74, 6) is 1.90. The summed E-state index contributed by atoms with van der Waals surface area (Å²) in [4.78, 5) is 20.1. The Kier molecular flexibility index (Phi) is 5.88. The number of para-hydroxylation sites is 1. The number of amides is 1. The molecule has 1 aromatic heterocycles. The molecule has 0 spiro atoms. The Morgan fingerprint density at radius 3 is 2.35 bits per heavy atom. The molecule has 0 atom stereocenters. The van der Waals surface area contributed by atoms with Crippen molar-refractivity contribution >= 4 is 5.91 Å². The molecule has 0 bridgehead atoms. The minimum atomic E-state index is -0.232. The average molecular weight is 357 g/mol. The van der Waals surface area contributed by atoms with Gasteiger partial charge in [0.05, 0.1) is 20.3 Å². The Morgan fingerprint density at radius 2 is 1.69 bits per heavy atom. The van der Waals surface area contributed by atoms with Gasteiger partial charge in [-0.25, -0.2) is 9.97 Å². The molecule has 1 N–H and O–H groups in total. The molecule has 1 amide bonds. The van der Waals surface area contributed by atoms with E-state index >= 15 is 0 Å². The monoisotopic (exact) mass is 357 g/mol. The Labute approximate surface area is 152 Å². The topological polar surface area (TPSA) is 82.6 Å². The van der Waals surface area contributed by atoms with E-state index in [1.807, 2.05) is 18.2 Å². The number of nitrogens with one attached hydrogen (secondary N) is 1. The van der Waals surface area contributed by atoms with E-state index in [0.717, 1.165) is 25.7 Å². The van der Waals surface area contributed by atoms with Crippen molar-refractivity contribution in [3.8, 4) is 17.2 Å². The fourth-order valence-electron chi connectivity index (χ4n) is 3.12. The number of ether oxygens (including phenoxy) is 3. The van der Waals surface area contributed by atoms with Gasteiger partial charge in [-0.05, 0) is 43.9 Å². The van der Waals surface area contributed by atoms with E-state index < -0.39 is 0 Å². The molecule has 1 aromatic carbocycles. The number of nitrogens with zero attached hydrogens (tertiary/aromatic N) is 2. The Morgan fingerprint density at radius 1 is 1.00 bits per heavy atom. The normalized spacial score (nSPS) is 19.5. The summed E-state index contributed by atoms with van der Waals surface area (Å²) in [6.07, 6.45) is 6.59. The molecule has 26 heavy (non-hydrogen) atoms. The van der Waals surface area contributed by atoms with Crippen LogP contribution < -0.4 is 19.5 Å². The molecule has 7 heteroatoms. The van der Waals surface area contributed by atoms with Gasteiger partial charge in [-0.3, -0.25) is 4.79 Å². The maximum atomic E-state index is 12.1. The molecule has 1 fully saturated rings. The molecule has 3 rings (SSSR count). The van der Waals surface area contributed by atoms with Gasteiger partial charge in [0, 0.05) is 18.4 Å². The number of hydrogen-bond acceptors (Lipinski definition) is 6. The van der Waals surface area contributed by atoms with Crippen molar-refractivity contribution in [3.63, 3.8) is 0 Å². The molecule has 1 aliphatic rings. The maximum Gasteiger partial charge on any atom is 0.289 e. The summed E-state index contributed by atoms with van der Waals surface area (Å²) >= 11 is 0. The molecule has 1 aliphatic carbocycles. The summed E-state index contributed by atoms with van der Waals surface area (Å²) in [5.41, 5.74) is 0. The maximum absolute atomic E-state index is 12.1. The van der Waals surface area contributed by atoms with E-state index in [-0.39, 0.29) is 23.9 Å². The van der Waals surface area contributed by atoms with Gasteiger partial charge in [0.1, 0.15) is 0 Å². The fraction of sp³-hybridized carbons (Fsp3) is 0.421. The zero-order valence-corrected chi connectivity index (χ0v) is 15.0. The highest BCUT2D eigenvalue weighted by molar-refractivity contribution is 5.90. The molecule has 1 saturated carbocycles. The molecule has 2 aromatic rings. The lowest BCUT2D eigenvalue weighted by molar-refractivity contribution is 0.0881. The molecule has 0 saturated heterocycles. The van der Waals surface area contributed by atoms with Crippen molar-refractivity contribution in [2.75, 3.05) is 14.2 Å². The van der Waals surface area contributed by atoms with Crippen LogP contribution in [0.1, 0.15) is 36.3 Å². The van der Waals surface area contributed by atoms with Crippen LogP contribution in [0.4, 0.5) is 0 Å². The standard InChI is InChI=1S/C19H23N3O4/c1-24-15-5-3-6-16(17(15)25-2)26-14-9-7-13(8-10-14)22-19(23)18-20-11-4-12-21-18/h3-6,11-14H,7-10H2,1-2H3,(H,22,23). The van der Waals surface area contributed by atoms with Gasteiger partial charge in [0.2, 0.25) is 11.6 Å². The minimum absolute atomic E-state index is 0.0807. The SMILES string of the molecule is COc1cccc(OC2CCC(NC(=O)c3ncccn3)CC2)c1OC. The molecular weight excluding hydrogens is 334 g/mol. The summed E-state index contributed by atoms with van der Waals surface area (Å²) in [5, 5.41) is 3.00. The Bertz CT molecular complexity index is 731. The van der Waals surface area contributed by atoms with Crippen LogP contribution in [0.25, 0.3) is 0 Å². The first-order chi connectivity index (χ1) is 12.7. The van der Waals surface area contributed by atoms with Gasteiger partial charge in [0.25, 0.3) is 5.91 Å². The highest BCUT2D eigenvalue weighted by Gasteiger charge is 2.25. The lowest BCUT2D eigenvalue weighted by atomic mass is 9.93. The highest BCUT2D eigenvalue weighted by atomic mass is 16.5. The third-order valence-corrected chi connectivity index (χ3v) is 4.44. The predicted octanol–water partition coefficient (Wildman–Crippen LogP) is 2.61. The van der Waals surface area contributed by atoms with Crippen LogP contribution in [0.15, 0.2) is 36.7 Å². The molecule has 1 heterocycles. The van der Waals surface area contributed by atoms with Gasteiger partial charge in [-0.1, -0.05) is 6.07 Å². The van der Waals surface area contributed by atoms with E-state index in [0.29, 0.717) is 17.2 Å². The predicted molar refractivity (Wildman–Crippen MR) is 95.7 cm³/mol. The summed E-state index contributed by atoms with van der Waals surface area (Å²) in [7, 11) is 3.20. The van der Waals surface area contributed by atoms with Gasteiger partial charge >= 0.3 is 0 Å². The van der Waals surface area contributed by atoms with Crippen LogP contribution in [-0.4, -0.2) is 42.2 Å². The minimum Gasteiger partial charge on any atom is -0.493 e. The molecular formula is C19H23N3O4. The van der Waals surface area contributed by atoms with Crippen molar-refractivity contribution in [2.24, 2.45) is 0 Å². The third kappa shape index (κ3) is 4.22. The van der Waals surface area contributed by atoms with Crippen molar-refractivity contribution in [1.29, 1.82) is 0 Å². The van der Waals surface area contributed by atoms with Crippen LogP contribution in [0.5, 0.6) is 17.2 Å². The van der Waals surface area contributed by atoms with Crippen LogP contribution >= 0.6 is 0 Å². The average Bonchev–Trinajstić information content (AvgIpc) is 2.69. The first kappa shape index (κ1) is 18.0. The first-order valence-corrected chi connectivity index (χ1v) is 8.66. The van der Waals surface area contributed by atoms with E-state index in [2.05, 4.69) is 15.3 Å². The third-order valence-electron chi connectivity index (χ3n) is 4.44. The lowest BCUT2D eigenvalue weighted by Crippen LogP contribution is -2.40. The number of carbonyl (C=O) groups excluding carboxylic acids is 1. The quantitative estimate of drug-likeness (QED) is 0.856. The summed E-state index contributed by atoms with van der Waals surface area (Å²) in [6.45, 7) is 0. The number of benzene rings is 1. The largest absolute Gasteiger partial charge is 0.493 e. The van der Waals surface area contributed by atoms with Gasteiger partial charge in [-0.2, -0.15) is 0 Å². The van der Waals surface area contributed by atoms with Crippen molar-refractivity contribution < 1.29 is 19.0 Å². The van der Waals surface area contributed by atoms with Gasteiger partial charge in [-0.15, -0.1) is 0 Å². The van der Waals surface area contributed by atoms with Crippen LogP contribution in [0.3, 0.4) is 0 Å². The van der Waals surface area contributed by atoms with E-state index in [9.17, 15) is 4.79 Å². The zero-order chi connectivity index (χ0) is 18.4. The van der Waals surface area contributed by atoms with Crippen molar-refractivity contribution in [2.45, 2.75) is 37.8 Å². The van der Waals surface area contributed by atoms with Gasteiger partial charge in [0.15, 0.2) is 11.5 Å². The molecule has 138 valence electrons. The van der Waals surface area contributed by atoms with Crippen LogP contribution in [0, 0.1) is 0 Å². The van der Waals surface area contributed by atoms with Gasteiger partial charge < -0.3 is 19.5 Å². The van der Waals surface area contributed by atoms with Crippen LogP contribution in [-0.2, 0) is 0 Å². The number of aromatic nitrogens is 2. The molecule has 7 nitrogen and oxygen atoms in total. The van der Waals surface area contributed by atoms with E-state index in [4.69, 9.17) is 14.2 Å². The second kappa shape index (κ2) is 8.51. The Hall–Kier alpha value is -2.83. The zero-order valence-electron chi connectivity index (χ0n) is 15.0. The molecule has 0 unspecified atom stereocenters. The number of hydrogen-bond donors (Lipinski definition) is 1. The summed E-state index contributed by atoms with van der Waals surface area (Å²) < 4.78 is 16.8. The fourth-order valence-corrected chi connectivity index (χ4v) is 3.12. The first-order valence-electron chi connectivity index (χ1n) is 8.66. The van der Waals surface area contributed by atoms with E-state index in [1.54, 1.807) is 32.7 Å². The second-order valence-electron chi connectivity index (χ2n) is 6.13.